The van der Waals surface area contributed by atoms with Gasteiger partial charge in [0.25, 0.3) is 0 Å². The van der Waals surface area contributed by atoms with Gasteiger partial charge in [-0.15, -0.1) is 16.4 Å². The number of ether oxygens (including phenoxy) is 1. The Morgan fingerprint density at radius 3 is 2.78 bits per heavy atom. The van der Waals surface area contributed by atoms with Gasteiger partial charge < -0.3 is 15.0 Å². The van der Waals surface area contributed by atoms with Gasteiger partial charge in [0, 0.05) is 23.6 Å². The molecule has 10 heteroatoms. The monoisotopic (exact) mass is 507 g/mol. The summed E-state index contributed by atoms with van der Waals surface area (Å²) in [4.78, 5) is 29.7. The molecule has 1 fully saturated rings. The Morgan fingerprint density at radius 1 is 1.17 bits per heavy atom. The summed E-state index contributed by atoms with van der Waals surface area (Å²) < 4.78 is 22.2. The molecule has 0 saturated carbocycles. The topological polar surface area (TPSA) is 89.4 Å². The van der Waals surface area contributed by atoms with Crippen molar-refractivity contribution in [1.82, 2.24) is 25.2 Å². The highest BCUT2D eigenvalue weighted by Crippen LogP contribution is 2.28. The fourth-order valence-electron chi connectivity index (χ4n) is 4.41. The number of amides is 2. The van der Waals surface area contributed by atoms with Gasteiger partial charge in [-0.05, 0) is 42.5 Å². The van der Waals surface area contributed by atoms with Crippen molar-refractivity contribution in [2.75, 3.05) is 13.2 Å². The van der Waals surface area contributed by atoms with E-state index in [2.05, 4.69) is 15.6 Å². The van der Waals surface area contributed by atoms with Crippen LogP contribution >= 0.6 is 11.3 Å². The quantitative estimate of drug-likeness (QED) is 0.373. The van der Waals surface area contributed by atoms with Crippen LogP contribution in [0.25, 0.3) is 11.0 Å². The van der Waals surface area contributed by atoms with Crippen molar-refractivity contribution in [3.05, 3.63) is 82.3 Å². The van der Waals surface area contributed by atoms with E-state index in [9.17, 15) is 9.59 Å². The van der Waals surface area contributed by atoms with Crippen LogP contribution in [-0.2, 0) is 27.4 Å². The first-order chi connectivity index (χ1) is 17.6. The van der Waals surface area contributed by atoms with Crippen molar-refractivity contribution in [1.29, 1.82) is 0 Å². The number of carbonyl (C=O) groups excluding carboxylic acids is 2. The van der Waals surface area contributed by atoms with E-state index in [1.807, 2.05) is 41.8 Å². The summed E-state index contributed by atoms with van der Waals surface area (Å²) in [6, 6.07) is 16.0. The van der Waals surface area contributed by atoms with Crippen molar-refractivity contribution < 1.29 is 18.7 Å². The summed E-state index contributed by atoms with van der Waals surface area (Å²) in [6.07, 6.45) is 1.70. The highest BCUT2D eigenvalue weighted by Gasteiger charge is 2.34. The molecule has 0 unspecified atom stereocenters. The smallest absolute Gasteiger partial charge is 0.247 e. The Labute approximate surface area is 211 Å². The average Bonchev–Trinajstić information content (AvgIpc) is 3.67. The zero-order valence-electron chi connectivity index (χ0n) is 19.5. The lowest BCUT2D eigenvalue weighted by Gasteiger charge is -2.31. The Kier molecular flexibility index (Phi) is 7.33. The molecule has 2 amide bonds. The van der Waals surface area contributed by atoms with Crippen LogP contribution in [0.4, 0.5) is 4.39 Å². The van der Waals surface area contributed by atoms with Crippen molar-refractivity contribution in [2.45, 2.75) is 38.1 Å². The van der Waals surface area contributed by atoms with Gasteiger partial charge in [-0.2, -0.15) is 0 Å². The van der Waals surface area contributed by atoms with Crippen LogP contribution in [0.15, 0.2) is 66.0 Å². The molecule has 0 spiro atoms. The van der Waals surface area contributed by atoms with Gasteiger partial charge in [-0.3, -0.25) is 9.59 Å². The lowest BCUT2D eigenvalue weighted by Crippen LogP contribution is -2.46. The second-order valence-electron chi connectivity index (χ2n) is 8.64. The second-order valence-corrected chi connectivity index (χ2v) is 9.67. The minimum Gasteiger partial charge on any atom is -0.376 e. The van der Waals surface area contributed by atoms with E-state index < -0.39 is 17.8 Å². The standard InChI is InChI=1S/C26H26FN5O3S/c27-21-10-2-1-9-20(21)25(26(34)28-15-18-7-5-13-35-18)31(16-19-8-6-14-36-19)24(33)17-32-23-12-4-3-11-22(23)29-30-32/h1-4,6,8-12,14,18,25H,5,7,13,15-17H2,(H,28,34)/t18-,25-/m0/s1. The van der Waals surface area contributed by atoms with Gasteiger partial charge in [-0.25, -0.2) is 9.07 Å². The molecule has 0 radical (unpaired) electrons. The fraction of sp³-hybridized carbons (Fsp3) is 0.308. The molecule has 1 aliphatic rings. The molecule has 36 heavy (non-hydrogen) atoms. The lowest BCUT2D eigenvalue weighted by atomic mass is 10.0. The largest absolute Gasteiger partial charge is 0.376 e. The zero-order valence-corrected chi connectivity index (χ0v) is 20.4. The number of thiophene rings is 1. The number of hydrogen-bond acceptors (Lipinski definition) is 6. The number of aromatic nitrogens is 3. The first-order valence-corrected chi connectivity index (χ1v) is 12.7. The van der Waals surface area contributed by atoms with Gasteiger partial charge >= 0.3 is 0 Å². The number of nitrogens with one attached hydrogen (secondary N) is 1. The van der Waals surface area contributed by atoms with Crippen LogP contribution in [0.2, 0.25) is 0 Å². The molecular weight excluding hydrogens is 481 g/mol. The maximum absolute atomic E-state index is 15.1. The number of rotatable bonds is 9. The van der Waals surface area contributed by atoms with E-state index in [4.69, 9.17) is 4.74 Å². The highest BCUT2D eigenvalue weighted by atomic mass is 32.1. The van der Waals surface area contributed by atoms with E-state index in [1.54, 1.807) is 18.2 Å². The molecular formula is C26H26FN5O3S. The Hall–Kier alpha value is -3.63. The van der Waals surface area contributed by atoms with Crippen LogP contribution in [0, 0.1) is 5.82 Å². The Morgan fingerprint density at radius 2 is 2.00 bits per heavy atom. The highest BCUT2D eigenvalue weighted by molar-refractivity contribution is 7.09. The third kappa shape index (κ3) is 5.29. The summed E-state index contributed by atoms with van der Waals surface area (Å²) >= 11 is 1.47. The molecule has 186 valence electrons. The number of hydrogen-bond donors (Lipinski definition) is 1. The van der Waals surface area contributed by atoms with Crippen LogP contribution in [-0.4, -0.2) is 51.0 Å². The number of carbonyl (C=O) groups is 2. The van der Waals surface area contributed by atoms with Crippen molar-refractivity contribution >= 4 is 34.2 Å². The molecule has 0 aliphatic carbocycles. The molecule has 1 saturated heterocycles. The molecule has 1 N–H and O–H groups in total. The van der Waals surface area contributed by atoms with Crippen LogP contribution < -0.4 is 5.32 Å². The zero-order chi connectivity index (χ0) is 24.9. The minimum atomic E-state index is -1.17. The maximum Gasteiger partial charge on any atom is 0.247 e. The molecule has 2 aromatic carbocycles. The van der Waals surface area contributed by atoms with Gasteiger partial charge in [0.1, 0.15) is 23.9 Å². The van der Waals surface area contributed by atoms with E-state index >= 15 is 4.39 Å². The van der Waals surface area contributed by atoms with Gasteiger partial charge in [-0.1, -0.05) is 41.6 Å². The van der Waals surface area contributed by atoms with E-state index in [-0.39, 0.29) is 30.7 Å². The second kappa shape index (κ2) is 11.0. The molecule has 8 nitrogen and oxygen atoms in total. The molecule has 1 aliphatic heterocycles. The summed E-state index contributed by atoms with van der Waals surface area (Å²) in [5.74, 6) is -1.38. The molecule has 5 rings (SSSR count). The average molecular weight is 508 g/mol. The third-order valence-electron chi connectivity index (χ3n) is 6.22. The number of nitrogens with zero attached hydrogens (tertiary/aromatic N) is 4. The molecule has 0 bridgehead atoms. The summed E-state index contributed by atoms with van der Waals surface area (Å²) in [5.41, 5.74) is 1.50. The van der Waals surface area contributed by atoms with E-state index in [1.165, 1.54) is 27.0 Å². The van der Waals surface area contributed by atoms with Crippen LogP contribution in [0.1, 0.15) is 29.3 Å². The Bertz CT molecular complexity index is 1340. The lowest BCUT2D eigenvalue weighted by molar-refractivity contribution is -0.142. The number of fused-ring (bicyclic) bond motifs is 1. The van der Waals surface area contributed by atoms with E-state index in [0.29, 0.717) is 24.2 Å². The van der Waals surface area contributed by atoms with E-state index in [0.717, 1.165) is 17.7 Å². The maximum atomic E-state index is 15.1. The predicted octanol–water partition coefficient (Wildman–Crippen LogP) is 3.70. The molecule has 2 aromatic heterocycles. The fourth-order valence-corrected chi connectivity index (χ4v) is 5.11. The van der Waals surface area contributed by atoms with Gasteiger partial charge in [0.15, 0.2) is 0 Å². The normalized spacial score (nSPS) is 16.2. The van der Waals surface area contributed by atoms with Gasteiger partial charge in [0.2, 0.25) is 11.8 Å². The number of para-hydroxylation sites is 1. The van der Waals surface area contributed by atoms with Crippen LogP contribution in [0.3, 0.4) is 0 Å². The molecule has 4 aromatic rings. The van der Waals surface area contributed by atoms with Gasteiger partial charge in [0.05, 0.1) is 18.2 Å². The number of benzene rings is 2. The van der Waals surface area contributed by atoms with Crippen molar-refractivity contribution in [2.24, 2.45) is 0 Å². The summed E-state index contributed by atoms with van der Waals surface area (Å²) in [5, 5.41) is 13.1. The minimum absolute atomic E-state index is 0.0850. The Balaban J connectivity index is 1.48. The predicted molar refractivity (Wildman–Crippen MR) is 134 cm³/mol. The molecule has 3 heterocycles. The van der Waals surface area contributed by atoms with Crippen LogP contribution in [0.5, 0.6) is 0 Å². The van der Waals surface area contributed by atoms with Crippen molar-refractivity contribution in [3.63, 3.8) is 0 Å². The summed E-state index contributed by atoms with van der Waals surface area (Å²) in [6.45, 7) is 0.968. The first-order valence-electron chi connectivity index (χ1n) is 11.8. The summed E-state index contributed by atoms with van der Waals surface area (Å²) in [7, 11) is 0. The number of halogens is 1. The third-order valence-corrected chi connectivity index (χ3v) is 7.08. The SMILES string of the molecule is O=C(NC[C@@H]1CCCO1)[C@H](c1ccccc1F)N(Cc1cccs1)C(=O)Cn1nnc2ccccc21. The molecule has 2 atom stereocenters. The first kappa shape index (κ1) is 24.1. The van der Waals surface area contributed by atoms with Crippen molar-refractivity contribution in [3.8, 4) is 0 Å².